The predicted octanol–water partition coefficient (Wildman–Crippen LogP) is 1.16. The number of sulfonamides is 1. The molecular weight excluding hydrogens is 316 g/mol. The molecule has 1 aliphatic heterocycles. The van der Waals surface area contributed by atoms with Gasteiger partial charge in [-0.05, 0) is 37.6 Å². The lowest BCUT2D eigenvalue weighted by molar-refractivity contribution is 0.0600. The van der Waals surface area contributed by atoms with E-state index < -0.39 is 16.0 Å². The van der Waals surface area contributed by atoms with E-state index in [0.717, 1.165) is 19.4 Å². The summed E-state index contributed by atoms with van der Waals surface area (Å²) in [5.74, 6) is -0.631. The third kappa shape index (κ3) is 4.16. The first kappa shape index (κ1) is 16.2. The Hall–Kier alpha value is -1.15. The van der Waals surface area contributed by atoms with Crippen molar-refractivity contribution in [2.75, 3.05) is 20.2 Å². The Balaban J connectivity index is 2.26. The number of hydrogen-bond acceptors (Lipinski definition) is 5. The summed E-state index contributed by atoms with van der Waals surface area (Å²) in [6.07, 6.45) is 1.69. The van der Waals surface area contributed by atoms with Crippen molar-refractivity contribution in [3.8, 4) is 0 Å². The van der Waals surface area contributed by atoms with Gasteiger partial charge in [0.15, 0.2) is 0 Å². The minimum atomic E-state index is -3.73. The normalized spacial score (nSPS) is 19.2. The number of benzene rings is 1. The van der Waals surface area contributed by atoms with Crippen molar-refractivity contribution < 1.29 is 17.9 Å². The highest BCUT2D eigenvalue weighted by atomic mass is 35.5. The second-order valence-corrected chi connectivity index (χ2v) is 6.98. The maximum Gasteiger partial charge on any atom is 0.337 e. The van der Waals surface area contributed by atoms with Crippen LogP contribution in [0.3, 0.4) is 0 Å². The van der Waals surface area contributed by atoms with Crippen molar-refractivity contribution in [3.63, 3.8) is 0 Å². The molecule has 1 fully saturated rings. The molecule has 0 saturated carbocycles. The number of halogens is 1. The Morgan fingerprint density at radius 2 is 2.19 bits per heavy atom. The Kier molecular flexibility index (Phi) is 5.21. The standard InChI is InChI=1S/C13H17ClN2O4S/c1-20-13(17)9-5-10(14)7-12(6-9)21(18,19)16-11-3-2-4-15-8-11/h5-7,11,15-16H,2-4,8H2,1H3. The molecule has 21 heavy (non-hydrogen) atoms. The number of carbonyl (C=O) groups is 1. The highest BCUT2D eigenvalue weighted by molar-refractivity contribution is 7.89. The Labute approximate surface area is 128 Å². The van der Waals surface area contributed by atoms with Gasteiger partial charge in [0.2, 0.25) is 10.0 Å². The molecule has 1 aliphatic rings. The zero-order chi connectivity index (χ0) is 15.5. The Morgan fingerprint density at radius 3 is 2.81 bits per heavy atom. The van der Waals surface area contributed by atoms with Crippen LogP contribution in [0.15, 0.2) is 23.1 Å². The number of esters is 1. The molecule has 6 nitrogen and oxygen atoms in total. The van der Waals surface area contributed by atoms with Crippen LogP contribution in [0.4, 0.5) is 0 Å². The van der Waals surface area contributed by atoms with Gasteiger partial charge < -0.3 is 10.1 Å². The van der Waals surface area contributed by atoms with Gasteiger partial charge >= 0.3 is 5.97 Å². The van der Waals surface area contributed by atoms with Crippen molar-refractivity contribution in [2.24, 2.45) is 0 Å². The van der Waals surface area contributed by atoms with E-state index in [1.165, 1.54) is 25.3 Å². The van der Waals surface area contributed by atoms with Gasteiger partial charge in [0, 0.05) is 17.6 Å². The van der Waals surface area contributed by atoms with Crippen molar-refractivity contribution in [1.82, 2.24) is 10.0 Å². The first-order valence-electron chi connectivity index (χ1n) is 6.54. The van der Waals surface area contributed by atoms with Crippen molar-refractivity contribution in [1.29, 1.82) is 0 Å². The van der Waals surface area contributed by atoms with Crippen LogP contribution in [-0.4, -0.2) is 40.6 Å². The lowest BCUT2D eigenvalue weighted by atomic mass is 10.1. The largest absolute Gasteiger partial charge is 0.465 e. The Bertz CT molecular complexity index is 627. The van der Waals surface area contributed by atoms with Crippen LogP contribution in [0.25, 0.3) is 0 Å². The average molecular weight is 333 g/mol. The summed E-state index contributed by atoms with van der Waals surface area (Å²) in [5, 5.41) is 3.30. The smallest absolute Gasteiger partial charge is 0.337 e. The van der Waals surface area contributed by atoms with Gasteiger partial charge in [-0.2, -0.15) is 0 Å². The van der Waals surface area contributed by atoms with Crippen LogP contribution in [0.5, 0.6) is 0 Å². The number of ether oxygens (including phenoxy) is 1. The zero-order valence-electron chi connectivity index (χ0n) is 11.6. The second kappa shape index (κ2) is 6.74. The van der Waals surface area contributed by atoms with Crippen LogP contribution in [0.1, 0.15) is 23.2 Å². The molecular formula is C13H17ClN2O4S. The van der Waals surface area contributed by atoms with Gasteiger partial charge in [0.05, 0.1) is 17.6 Å². The molecule has 1 unspecified atom stereocenters. The van der Waals surface area contributed by atoms with Gasteiger partial charge in [-0.3, -0.25) is 0 Å². The summed E-state index contributed by atoms with van der Waals surface area (Å²) < 4.78 is 31.9. The number of methoxy groups -OCH3 is 1. The molecule has 1 atom stereocenters. The fourth-order valence-corrected chi connectivity index (χ4v) is 3.83. The van der Waals surface area contributed by atoms with Gasteiger partial charge in [0.25, 0.3) is 0 Å². The second-order valence-electron chi connectivity index (χ2n) is 4.83. The predicted molar refractivity (Wildman–Crippen MR) is 79.0 cm³/mol. The lowest BCUT2D eigenvalue weighted by Gasteiger charge is -2.23. The molecule has 2 rings (SSSR count). The van der Waals surface area contributed by atoms with E-state index in [2.05, 4.69) is 14.8 Å². The summed E-state index contributed by atoms with van der Waals surface area (Å²) in [6, 6.07) is 3.78. The minimum Gasteiger partial charge on any atom is -0.465 e. The summed E-state index contributed by atoms with van der Waals surface area (Å²) >= 11 is 5.89. The third-order valence-electron chi connectivity index (χ3n) is 3.22. The highest BCUT2D eigenvalue weighted by Crippen LogP contribution is 2.20. The van der Waals surface area contributed by atoms with Gasteiger partial charge in [-0.15, -0.1) is 0 Å². The van der Waals surface area contributed by atoms with E-state index in [9.17, 15) is 13.2 Å². The molecule has 1 saturated heterocycles. The summed E-state index contributed by atoms with van der Waals surface area (Å²) in [6.45, 7) is 1.48. The number of nitrogens with one attached hydrogen (secondary N) is 2. The van der Waals surface area contributed by atoms with E-state index >= 15 is 0 Å². The topological polar surface area (TPSA) is 84.5 Å². The Morgan fingerprint density at radius 1 is 1.43 bits per heavy atom. The van der Waals surface area contributed by atoms with Crippen LogP contribution in [-0.2, 0) is 14.8 Å². The van der Waals surface area contributed by atoms with E-state index in [-0.39, 0.29) is 21.5 Å². The summed E-state index contributed by atoms with van der Waals surface area (Å²) in [4.78, 5) is 11.5. The maximum atomic E-state index is 12.4. The highest BCUT2D eigenvalue weighted by Gasteiger charge is 2.23. The molecule has 8 heteroatoms. The van der Waals surface area contributed by atoms with Crippen LogP contribution in [0.2, 0.25) is 5.02 Å². The fraction of sp³-hybridized carbons (Fsp3) is 0.462. The average Bonchev–Trinajstić information content (AvgIpc) is 2.46. The molecule has 0 radical (unpaired) electrons. The van der Waals surface area contributed by atoms with E-state index in [0.29, 0.717) is 6.54 Å². The van der Waals surface area contributed by atoms with Gasteiger partial charge in [-0.1, -0.05) is 11.6 Å². The SMILES string of the molecule is COC(=O)c1cc(Cl)cc(S(=O)(=O)NC2CCCNC2)c1. The van der Waals surface area contributed by atoms with E-state index in [4.69, 9.17) is 11.6 Å². The fourth-order valence-electron chi connectivity index (χ4n) is 2.19. The molecule has 0 amide bonds. The number of carbonyl (C=O) groups excluding carboxylic acids is 1. The summed E-state index contributed by atoms with van der Waals surface area (Å²) in [7, 11) is -2.50. The summed E-state index contributed by atoms with van der Waals surface area (Å²) in [5.41, 5.74) is 0.104. The molecule has 1 heterocycles. The van der Waals surface area contributed by atoms with Crippen LogP contribution in [0, 0.1) is 0 Å². The van der Waals surface area contributed by atoms with Gasteiger partial charge in [0.1, 0.15) is 0 Å². The van der Waals surface area contributed by atoms with E-state index in [1.807, 2.05) is 0 Å². The van der Waals surface area contributed by atoms with Crippen molar-refractivity contribution in [3.05, 3.63) is 28.8 Å². The molecule has 2 N–H and O–H groups in total. The molecule has 0 aromatic heterocycles. The number of hydrogen-bond donors (Lipinski definition) is 2. The minimum absolute atomic E-state index is 0.0408. The van der Waals surface area contributed by atoms with Crippen molar-refractivity contribution >= 4 is 27.6 Å². The molecule has 0 bridgehead atoms. The quantitative estimate of drug-likeness (QED) is 0.808. The van der Waals surface area contributed by atoms with Crippen LogP contribution < -0.4 is 10.0 Å². The monoisotopic (exact) mass is 332 g/mol. The maximum absolute atomic E-state index is 12.4. The van der Waals surface area contributed by atoms with E-state index in [1.54, 1.807) is 0 Å². The molecule has 1 aromatic rings. The van der Waals surface area contributed by atoms with Crippen molar-refractivity contribution in [2.45, 2.75) is 23.8 Å². The zero-order valence-corrected chi connectivity index (χ0v) is 13.1. The number of piperidine rings is 1. The number of rotatable bonds is 4. The van der Waals surface area contributed by atoms with Crippen LogP contribution >= 0.6 is 11.6 Å². The van der Waals surface area contributed by atoms with Gasteiger partial charge in [-0.25, -0.2) is 17.9 Å². The third-order valence-corrected chi connectivity index (χ3v) is 4.94. The first-order valence-corrected chi connectivity index (χ1v) is 8.40. The first-order chi connectivity index (χ1) is 9.92. The molecule has 0 aliphatic carbocycles. The molecule has 0 spiro atoms. The lowest BCUT2D eigenvalue weighted by Crippen LogP contribution is -2.45. The molecule has 116 valence electrons. The molecule has 1 aromatic carbocycles.